The number of morpholine rings is 1. The number of fused-ring (bicyclic) bond motifs is 1. The molecule has 1 aromatic heterocycles. The van der Waals surface area contributed by atoms with E-state index in [2.05, 4.69) is 9.97 Å². The van der Waals surface area contributed by atoms with E-state index in [-0.39, 0.29) is 16.9 Å². The molecule has 2 atom stereocenters. The summed E-state index contributed by atoms with van der Waals surface area (Å²) in [6.07, 6.45) is 0. The second kappa shape index (κ2) is 4.82. The van der Waals surface area contributed by atoms with Gasteiger partial charge < -0.3 is 9.64 Å². The Morgan fingerprint density at radius 2 is 2.10 bits per heavy atom. The highest BCUT2D eigenvalue weighted by Gasteiger charge is 2.38. The first-order valence-electron chi connectivity index (χ1n) is 6.52. The van der Waals surface area contributed by atoms with Crippen LogP contribution in [-0.4, -0.2) is 44.2 Å². The van der Waals surface area contributed by atoms with E-state index in [0.29, 0.717) is 37.0 Å². The summed E-state index contributed by atoms with van der Waals surface area (Å²) in [7, 11) is -3.20. The fraction of sp³-hybridized carbons (Fsp3) is 0.667. The first-order valence-corrected chi connectivity index (χ1v) is 8.62. The molecule has 1 saturated heterocycles. The predicted molar refractivity (Wildman–Crippen MR) is 75.7 cm³/mol. The van der Waals surface area contributed by atoms with Crippen molar-refractivity contribution in [3.8, 4) is 0 Å². The van der Waals surface area contributed by atoms with Crippen molar-refractivity contribution in [2.75, 3.05) is 24.7 Å². The first kappa shape index (κ1) is 14.0. The maximum Gasteiger partial charge on any atom is 0.227 e. The Bertz CT molecular complexity index is 650. The van der Waals surface area contributed by atoms with Crippen LogP contribution >= 0.6 is 11.6 Å². The third-order valence-corrected chi connectivity index (χ3v) is 6.15. The summed E-state index contributed by atoms with van der Waals surface area (Å²) in [5.41, 5.74) is 1.09. The lowest BCUT2D eigenvalue weighted by Crippen LogP contribution is -2.44. The summed E-state index contributed by atoms with van der Waals surface area (Å²) < 4.78 is 29.3. The summed E-state index contributed by atoms with van der Waals surface area (Å²) in [5.74, 6) is 0.436. The van der Waals surface area contributed by atoms with Crippen molar-refractivity contribution in [2.45, 2.75) is 30.9 Å². The van der Waals surface area contributed by atoms with Gasteiger partial charge in [-0.2, -0.15) is 0 Å². The van der Waals surface area contributed by atoms with Crippen LogP contribution in [0.4, 0.5) is 5.95 Å². The number of aromatic nitrogens is 2. The quantitative estimate of drug-likeness (QED) is 0.728. The number of nitrogens with zero attached hydrogens (tertiary/aromatic N) is 3. The van der Waals surface area contributed by atoms with Crippen LogP contribution in [0, 0.1) is 0 Å². The summed E-state index contributed by atoms with van der Waals surface area (Å²) >= 11 is 6.19. The maximum atomic E-state index is 12.0. The minimum absolute atomic E-state index is 0.0581. The molecule has 110 valence electrons. The van der Waals surface area contributed by atoms with Crippen molar-refractivity contribution in [1.29, 1.82) is 0 Å². The van der Waals surface area contributed by atoms with Crippen molar-refractivity contribution >= 4 is 27.4 Å². The number of hydrogen-bond acceptors (Lipinski definition) is 6. The zero-order valence-electron chi connectivity index (χ0n) is 11.3. The second-order valence-corrected chi connectivity index (χ2v) is 7.92. The highest BCUT2D eigenvalue weighted by atomic mass is 35.5. The molecule has 3 rings (SSSR count). The topological polar surface area (TPSA) is 72.4 Å². The van der Waals surface area contributed by atoms with E-state index in [1.165, 1.54) is 0 Å². The molecule has 0 aliphatic carbocycles. The van der Waals surface area contributed by atoms with Gasteiger partial charge in [0.15, 0.2) is 9.84 Å². The van der Waals surface area contributed by atoms with Crippen LogP contribution in [0.3, 0.4) is 0 Å². The second-order valence-electron chi connectivity index (χ2n) is 5.24. The fourth-order valence-corrected chi connectivity index (χ4v) is 4.50. The molecule has 0 spiro atoms. The number of ether oxygens (including phenoxy) is 1. The average Bonchev–Trinajstić information content (AvgIpc) is 2.60. The minimum atomic E-state index is -3.20. The van der Waals surface area contributed by atoms with Crippen LogP contribution in [0.5, 0.6) is 0 Å². The molecule has 8 heteroatoms. The number of anilines is 1. The van der Waals surface area contributed by atoms with Crippen molar-refractivity contribution in [2.24, 2.45) is 0 Å². The lowest BCUT2D eigenvalue weighted by Gasteiger charge is -2.33. The van der Waals surface area contributed by atoms with Crippen LogP contribution in [-0.2, 0) is 20.3 Å². The fourth-order valence-electron chi connectivity index (χ4n) is 2.63. The molecule has 20 heavy (non-hydrogen) atoms. The molecule has 0 amide bonds. The molecule has 3 heterocycles. The van der Waals surface area contributed by atoms with Crippen molar-refractivity contribution in [3.05, 3.63) is 16.4 Å². The van der Waals surface area contributed by atoms with E-state index < -0.39 is 15.1 Å². The van der Waals surface area contributed by atoms with Gasteiger partial charge >= 0.3 is 0 Å². The normalized spacial score (nSPS) is 28.4. The van der Waals surface area contributed by atoms with E-state index in [4.69, 9.17) is 16.3 Å². The van der Waals surface area contributed by atoms with Crippen molar-refractivity contribution in [1.82, 2.24) is 9.97 Å². The van der Waals surface area contributed by atoms with Crippen molar-refractivity contribution in [3.63, 3.8) is 0 Å². The van der Waals surface area contributed by atoms with E-state index in [1.54, 1.807) is 6.92 Å². The third-order valence-electron chi connectivity index (χ3n) is 3.87. The maximum absolute atomic E-state index is 12.0. The third kappa shape index (κ3) is 2.17. The Labute approximate surface area is 123 Å². The van der Waals surface area contributed by atoms with Gasteiger partial charge in [-0.05, 0) is 13.8 Å². The van der Waals surface area contributed by atoms with Gasteiger partial charge in [0, 0.05) is 12.1 Å². The summed E-state index contributed by atoms with van der Waals surface area (Å²) in [6, 6.07) is 0.147. The van der Waals surface area contributed by atoms with Crippen LogP contribution in [0.15, 0.2) is 0 Å². The van der Waals surface area contributed by atoms with Crippen molar-refractivity contribution < 1.29 is 13.2 Å². The van der Waals surface area contributed by atoms with E-state index >= 15 is 0 Å². The van der Waals surface area contributed by atoms with Gasteiger partial charge in [-0.3, -0.25) is 0 Å². The largest absolute Gasteiger partial charge is 0.377 e. The Balaban J connectivity index is 2.04. The van der Waals surface area contributed by atoms with Gasteiger partial charge in [0.25, 0.3) is 0 Å². The standard InChI is InChI=1S/C12H16ClN3O3S/c1-7-5-19-4-3-16(7)12-14-9-6-20(17,18)8(2)10(9)11(13)15-12/h7-8H,3-6H2,1-2H3. The van der Waals surface area contributed by atoms with Gasteiger partial charge in [-0.1, -0.05) is 11.6 Å². The molecular weight excluding hydrogens is 302 g/mol. The van der Waals surface area contributed by atoms with Gasteiger partial charge in [0.05, 0.1) is 36.0 Å². The molecule has 0 radical (unpaired) electrons. The summed E-state index contributed by atoms with van der Waals surface area (Å²) in [4.78, 5) is 10.7. The van der Waals surface area contributed by atoms with Gasteiger partial charge in [-0.15, -0.1) is 0 Å². The molecule has 0 aromatic carbocycles. The van der Waals surface area contributed by atoms with E-state index in [1.807, 2.05) is 11.8 Å². The molecular formula is C12H16ClN3O3S. The first-order chi connectivity index (χ1) is 9.40. The number of halogens is 1. The van der Waals surface area contributed by atoms with E-state index in [9.17, 15) is 8.42 Å². The summed E-state index contributed by atoms with van der Waals surface area (Å²) in [5, 5.41) is -0.376. The molecule has 2 aliphatic rings. The Hall–Kier alpha value is -0.920. The average molecular weight is 318 g/mol. The number of sulfone groups is 1. The molecule has 2 aliphatic heterocycles. The molecule has 0 bridgehead atoms. The molecule has 0 N–H and O–H groups in total. The predicted octanol–water partition coefficient (Wildman–Crippen LogP) is 1.34. The zero-order valence-corrected chi connectivity index (χ0v) is 12.9. The molecule has 6 nitrogen and oxygen atoms in total. The van der Waals surface area contributed by atoms with E-state index in [0.717, 1.165) is 0 Å². The van der Waals surface area contributed by atoms with Crippen LogP contribution in [0.1, 0.15) is 30.4 Å². The molecule has 1 fully saturated rings. The molecule has 1 aromatic rings. The van der Waals surface area contributed by atoms with Gasteiger partial charge in [0.2, 0.25) is 5.95 Å². The Morgan fingerprint density at radius 3 is 2.80 bits per heavy atom. The monoisotopic (exact) mass is 317 g/mol. The highest BCUT2D eigenvalue weighted by Crippen LogP contribution is 2.39. The Morgan fingerprint density at radius 1 is 1.35 bits per heavy atom. The highest BCUT2D eigenvalue weighted by molar-refractivity contribution is 7.91. The SMILES string of the molecule is CC1COCCN1c1nc(Cl)c2c(n1)CS(=O)(=O)C2C. The smallest absolute Gasteiger partial charge is 0.227 e. The lowest BCUT2D eigenvalue weighted by molar-refractivity contribution is 0.0980. The molecule has 0 saturated carbocycles. The van der Waals surface area contributed by atoms with Crippen LogP contribution < -0.4 is 4.90 Å². The summed E-state index contributed by atoms with van der Waals surface area (Å²) in [6.45, 7) is 5.54. The molecule has 2 unspecified atom stereocenters. The Kier molecular flexibility index (Phi) is 3.38. The van der Waals surface area contributed by atoms with Gasteiger partial charge in [-0.25, -0.2) is 18.4 Å². The van der Waals surface area contributed by atoms with Crippen LogP contribution in [0.2, 0.25) is 5.15 Å². The zero-order chi connectivity index (χ0) is 14.5. The van der Waals surface area contributed by atoms with Gasteiger partial charge in [0.1, 0.15) is 5.15 Å². The van der Waals surface area contributed by atoms with Crippen LogP contribution in [0.25, 0.3) is 0 Å². The minimum Gasteiger partial charge on any atom is -0.377 e. The number of rotatable bonds is 1. The lowest BCUT2D eigenvalue weighted by atomic mass is 10.2. The number of hydrogen-bond donors (Lipinski definition) is 0.